The first-order valence-corrected chi connectivity index (χ1v) is 4.01. The van der Waals surface area contributed by atoms with Crippen molar-refractivity contribution >= 4 is 10.8 Å². The minimum atomic E-state index is -0.644. The van der Waals surface area contributed by atoms with E-state index in [1.54, 1.807) is 0 Å². The molecule has 1 atom stereocenters. The molecular weight excluding hydrogens is 120 g/mol. The Morgan fingerprint density at radius 1 is 1.62 bits per heavy atom. The van der Waals surface area contributed by atoms with Crippen molar-refractivity contribution in [3.63, 3.8) is 0 Å². The van der Waals surface area contributed by atoms with Gasteiger partial charge in [0.25, 0.3) is 0 Å². The first-order valence-electron chi connectivity index (χ1n) is 2.69. The summed E-state index contributed by atoms with van der Waals surface area (Å²) in [6.07, 6.45) is 4.00. The van der Waals surface area contributed by atoms with Crippen LogP contribution in [0.15, 0.2) is 12.2 Å². The third-order valence-electron chi connectivity index (χ3n) is 1.35. The van der Waals surface area contributed by atoms with Gasteiger partial charge < -0.3 is 0 Å². The summed E-state index contributed by atoms with van der Waals surface area (Å²) >= 11 is 0. The van der Waals surface area contributed by atoms with Crippen LogP contribution in [-0.2, 0) is 10.8 Å². The topological polar surface area (TPSA) is 17.1 Å². The van der Waals surface area contributed by atoms with Gasteiger partial charge in [-0.3, -0.25) is 4.21 Å². The molecule has 0 N–H and O–H groups in total. The summed E-state index contributed by atoms with van der Waals surface area (Å²) in [5.41, 5.74) is 0. The summed E-state index contributed by atoms with van der Waals surface area (Å²) < 4.78 is 10.9. The van der Waals surface area contributed by atoms with E-state index in [2.05, 4.69) is 0 Å². The minimum Gasteiger partial charge on any atom is -0.258 e. The predicted molar refractivity (Wildman–Crippen MR) is 36.2 cm³/mol. The number of rotatable bonds is 0. The van der Waals surface area contributed by atoms with Crippen molar-refractivity contribution in [1.29, 1.82) is 0 Å². The van der Waals surface area contributed by atoms with Gasteiger partial charge in [-0.1, -0.05) is 12.2 Å². The van der Waals surface area contributed by atoms with Gasteiger partial charge in [0.2, 0.25) is 0 Å². The lowest BCUT2D eigenvalue weighted by molar-refractivity contribution is 0.669. The number of hydrogen-bond donors (Lipinski definition) is 0. The molecule has 0 saturated heterocycles. The van der Waals surface area contributed by atoms with E-state index in [1.807, 2.05) is 26.0 Å². The maximum absolute atomic E-state index is 10.9. The summed E-state index contributed by atoms with van der Waals surface area (Å²) in [6, 6.07) is 0. The largest absolute Gasteiger partial charge is 0.258 e. The zero-order valence-electron chi connectivity index (χ0n) is 5.18. The molecule has 1 aliphatic rings. The van der Waals surface area contributed by atoms with Gasteiger partial charge >= 0.3 is 0 Å². The molecule has 0 spiro atoms. The third-order valence-corrected chi connectivity index (χ3v) is 3.16. The molecule has 0 aromatic carbocycles. The molecule has 0 bridgehead atoms. The lowest BCUT2D eigenvalue weighted by Gasteiger charge is -2.11. The normalized spacial score (nSPS) is 33.5. The van der Waals surface area contributed by atoms with E-state index >= 15 is 0 Å². The fourth-order valence-corrected chi connectivity index (χ4v) is 1.66. The summed E-state index contributed by atoms with van der Waals surface area (Å²) in [5, 5.41) is 0. The molecule has 0 radical (unpaired) electrons. The molecule has 2 heteroatoms. The highest BCUT2D eigenvalue weighted by Gasteiger charge is 2.25. The predicted octanol–water partition coefficient (Wildman–Crippen LogP) is 1.08. The Kier molecular flexibility index (Phi) is 1.27. The smallest absolute Gasteiger partial charge is 0.0585 e. The van der Waals surface area contributed by atoms with E-state index in [9.17, 15) is 4.21 Å². The molecule has 8 heavy (non-hydrogen) atoms. The van der Waals surface area contributed by atoms with Crippen LogP contribution in [0.1, 0.15) is 13.8 Å². The van der Waals surface area contributed by atoms with Gasteiger partial charge in [-0.2, -0.15) is 0 Å². The van der Waals surface area contributed by atoms with Crippen molar-refractivity contribution in [3.8, 4) is 0 Å². The van der Waals surface area contributed by atoms with Gasteiger partial charge in [0.1, 0.15) is 0 Å². The fraction of sp³-hybridized carbons (Fsp3) is 0.667. The van der Waals surface area contributed by atoms with Gasteiger partial charge in [-0.15, -0.1) is 0 Å². The Labute approximate surface area is 52.2 Å². The molecule has 0 aromatic heterocycles. The molecule has 1 rings (SSSR count). The first-order chi connectivity index (χ1) is 3.63. The van der Waals surface area contributed by atoms with Crippen LogP contribution in [0.5, 0.6) is 0 Å². The second-order valence-electron chi connectivity index (χ2n) is 2.52. The Morgan fingerprint density at radius 2 is 2.25 bits per heavy atom. The summed E-state index contributed by atoms with van der Waals surface area (Å²) in [4.78, 5) is 0. The third kappa shape index (κ3) is 0.848. The van der Waals surface area contributed by atoms with Gasteiger partial charge in [0.15, 0.2) is 0 Å². The van der Waals surface area contributed by atoms with E-state index in [-0.39, 0.29) is 4.75 Å². The van der Waals surface area contributed by atoms with E-state index in [0.717, 1.165) is 5.75 Å². The Balaban J connectivity index is 2.82. The molecule has 1 heterocycles. The first kappa shape index (κ1) is 6.02. The molecular formula is C6H10OS. The van der Waals surface area contributed by atoms with Crippen LogP contribution >= 0.6 is 0 Å². The highest BCUT2D eigenvalue weighted by Crippen LogP contribution is 2.20. The Hall–Kier alpha value is -0.110. The molecule has 0 amide bonds. The van der Waals surface area contributed by atoms with Crippen LogP contribution in [-0.4, -0.2) is 14.7 Å². The lowest BCUT2D eigenvalue weighted by Crippen LogP contribution is -2.19. The van der Waals surface area contributed by atoms with Crippen LogP contribution in [0.25, 0.3) is 0 Å². The standard InChI is InChI=1S/C6H10OS/c1-6(2)4-3-5-8(6)7/h3-4H,5H2,1-2H3. The van der Waals surface area contributed by atoms with Gasteiger partial charge in [0, 0.05) is 16.6 Å². The van der Waals surface area contributed by atoms with Crippen LogP contribution in [0.3, 0.4) is 0 Å². The maximum Gasteiger partial charge on any atom is 0.0585 e. The SMILES string of the molecule is CC1(C)C=CCS1=O. The van der Waals surface area contributed by atoms with Crippen molar-refractivity contribution < 1.29 is 4.21 Å². The molecule has 1 unspecified atom stereocenters. The zero-order valence-corrected chi connectivity index (χ0v) is 5.99. The maximum atomic E-state index is 10.9. The van der Waals surface area contributed by atoms with E-state index in [0.29, 0.717) is 0 Å². The summed E-state index contributed by atoms with van der Waals surface area (Å²) in [7, 11) is -0.644. The fourth-order valence-electron chi connectivity index (χ4n) is 0.710. The average Bonchev–Trinajstić information content (AvgIpc) is 1.86. The van der Waals surface area contributed by atoms with Crippen molar-refractivity contribution in [2.24, 2.45) is 0 Å². The number of hydrogen-bond acceptors (Lipinski definition) is 1. The molecule has 1 aliphatic heterocycles. The summed E-state index contributed by atoms with van der Waals surface area (Å²) in [6.45, 7) is 3.99. The van der Waals surface area contributed by atoms with E-state index < -0.39 is 10.8 Å². The minimum absolute atomic E-state index is 0.0556. The second-order valence-corrected chi connectivity index (χ2v) is 4.59. The Bertz CT molecular complexity index is 147. The highest BCUT2D eigenvalue weighted by atomic mass is 32.2. The van der Waals surface area contributed by atoms with Crippen molar-refractivity contribution in [3.05, 3.63) is 12.2 Å². The van der Waals surface area contributed by atoms with Crippen LogP contribution in [0.4, 0.5) is 0 Å². The molecule has 0 aliphatic carbocycles. The van der Waals surface area contributed by atoms with Crippen LogP contribution in [0.2, 0.25) is 0 Å². The second kappa shape index (κ2) is 1.69. The van der Waals surface area contributed by atoms with Gasteiger partial charge in [-0.05, 0) is 13.8 Å². The Morgan fingerprint density at radius 3 is 2.38 bits per heavy atom. The highest BCUT2D eigenvalue weighted by molar-refractivity contribution is 7.87. The molecule has 46 valence electrons. The summed E-state index contributed by atoms with van der Waals surface area (Å²) in [5.74, 6) is 0.743. The van der Waals surface area contributed by atoms with Gasteiger partial charge in [-0.25, -0.2) is 0 Å². The monoisotopic (exact) mass is 130 g/mol. The van der Waals surface area contributed by atoms with Crippen LogP contribution in [0, 0.1) is 0 Å². The lowest BCUT2D eigenvalue weighted by atomic mass is 10.2. The van der Waals surface area contributed by atoms with Crippen molar-refractivity contribution in [2.45, 2.75) is 18.6 Å². The van der Waals surface area contributed by atoms with Crippen LogP contribution < -0.4 is 0 Å². The van der Waals surface area contributed by atoms with E-state index in [4.69, 9.17) is 0 Å². The molecule has 0 saturated carbocycles. The molecule has 0 aromatic rings. The van der Waals surface area contributed by atoms with Crippen molar-refractivity contribution in [1.82, 2.24) is 0 Å². The quantitative estimate of drug-likeness (QED) is 0.448. The van der Waals surface area contributed by atoms with Gasteiger partial charge in [0.05, 0.1) is 4.75 Å². The molecule has 0 fully saturated rings. The van der Waals surface area contributed by atoms with E-state index in [1.165, 1.54) is 0 Å². The van der Waals surface area contributed by atoms with Crippen molar-refractivity contribution in [2.75, 3.05) is 5.75 Å². The molecule has 1 nitrogen and oxygen atoms in total. The zero-order chi connectivity index (χ0) is 6.20. The average molecular weight is 130 g/mol.